The number of pyridine rings is 1. The van der Waals surface area contributed by atoms with E-state index in [2.05, 4.69) is 15.2 Å². The number of carbonyl (C=O) groups excluding carboxylic acids is 1. The van der Waals surface area contributed by atoms with Gasteiger partial charge in [0, 0.05) is 43.1 Å². The van der Waals surface area contributed by atoms with Crippen molar-refractivity contribution in [2.24, 2.45) is 0 Å². The van der Waals surface area contributed by atoms with Crippen LogP contribution in [0.2, 0.25) is 0 Å². The molecular formula is C25H27N3O4. The number of nitrogens with zero attached hydrogens (tertiary/aromatic N) is 2. The number of hydrogen-bond acceptors (Lipinski definition) is 6. The van der Waals surface area contributed by atoms with Crippen LogP contribution in [0.25, 0.3) is 0 Å². The van der Waals surface area contributed by atoms with Crippen LogP contribution in [0.3, 0.4) is 0 Å². The molecule has 0 aliphatic carbocycles. The fourth-order valence-corrected chi connectivity index (χ4v) is 3.43. The summed E-state index contributed by atoms with van der Waals surface area (Å²) in [5, 5.41) is 2.94. The molecule has 0 bridgehead atoms. The van der Waals surface area contributed by atoms with Crippen molar-refractivity contribution in [3.63, 3.8) is 0 Å². The minimum atomic E-state index is -0.121. The lowest BCUT2D eigenvalue weighted by atomic mass is 10.1. The minimum Gasteiger partial charge on any atom is -0.490 e. The molecule has 1 aliphatic heterocycles. The van der Waals surface area contributed by atoms with Crippen molar-refractivity contribution < 1.29 is 19.0 Å². The molecule has 3 aromatic rings. The molecule has 1 N–H and O–H groups in total. The Morgan fingerprint density at radius 2 is 1.78 bits per heavy atom. The Kier molecular flexibility index (Phi) is 7.19. The van der Waals surface area contributed by atoms with E-state index in [4.69, 9.17) is 14.2 Å². The molecule has 7 heteroatoms. The summed E-state index contributed by atoms with van der Waals surface area (Å²) in [5.41, 5.74) is 2.62. The van der Waals surface area contributed by atoms with E-state index in [1.807, 2.05) is 61.5 Å². The number of aromatic nitrogens is 1. The smallest absolute Gasteiger partial charge is 0.251 e. The first kappa shape index (κ1) is 21.6. The molecule has 2 heterocycles. The van der Waals surface area contributed by atoms with E-state index in [1.165, 1.54) is 0 Å². The molecule has 1 fully saturated rings. The van der Waals surface area contributed by atoms with Crippen molar-refractivity contribution in [1.29, 1.82) is 0 Å². The van der Waals surface area contributed by atoms with Crippen LogP contribution in [0, 0.1) is 0 Å². The summed E-state index contributed by atoms with van der Waals surface area (Å²) in [4.78, 5) is 19.1. The molecule has 0 saturated carbocycles. The zero-order chi connectivity index (χ0) is 22.2. The summed E-state index contributed by atoms with van der Waals surface area (Å²) in [7, 11) is 0. The van der Waals surface area contributed by atoms with Crippen molar-refractivity contribution in [2.75, 3.05) is 37.8 Å². The highest BCUT2D eigenvalue weighted by Crippen LogP contribution is 2.30. The van der Waals surface area contributed by atoms with Crippen molar-refractivity contribution in [3.05, 3.63) is 78.0 Å². The van der Waals surface area contributed by atoms with Gasteiger partial charge in [-0.25, -0.2) is 4.98 Å². The lowest BCUT2D eigenvalue weighted by Gasteiger charge is -2.28. The largest absolute Gasteiger partial charge is 0.490 e. The third-order valence-electron chi connectivity index (χ3n) is 5.12. The number of rotatable bonds is 8. The molecule has 7 nitrogen and oxygen atoms in total. The highest BCUT2D eigenvalue weighted by molar-refractivity contribution is 5.94. The SMILES string of the molecule is CCOc1ccccc1Oc1ccc(CNC(=O)c2ccc(N3CCOCC3)cc2)cn1. The first-order valence-corrected chi connectivity index (χ1v) is 10.8. The van der Waals surface area contributed by atoms with Gasteiger partial charge in [0.15, 0.2) is 11.5 Å². The first-order valence-electron chi connectivity index (χ1n) is 10.8. The number of benzene rings is 2. The van der Waals surface area contributed by atoms with Gasteiger partial charge in [0.25, 0.3) is 5.91 Å². The summed E-state index contributed by atoms with van der Waals surface area (Å²) >= 11 is 0. The normalized spacial score (nSPS) is 13.5. The molecule has 32 heavy (non-hydrogen) atoms. The van der Waals surface area contributed by atoms with Crippen LogP contribution in [-0.4, -0.2) is 43.8 Å². The second-order valence-electron chi connectivity index (χ2n) is 7.32. The average Bonchev–Trinajstić information content (AvgIpc) is 2.85. The molecule has 1 aromatic heterocycles. The minimum absolute atomic E-state index is 0.121. The predicted molar refractivity (Wildman–Crippen MR) is 123 cm³/mol. The van der Waals surface area contributed by atoms with E-state index in [1.54, 1.807) is 12.3 Å². The van der Waals surface area contributed by atoms with E-state index in [9.17, 15) is 4.79 Å². The summed E-state index contributed by atoms with van der Waals surface area (Å²) < 4.78 is 16.8. The van der Waals surface area contributed by atoms with Gasteiger partial charge in [-0.05, 0) is 48.9 Å². The zero-order valence-electron chi connectivity index (χ0n) is 18.1. The van der Waals surface area contributed by atoms with Crippen molar-refractivity contribution in [1.82, 2.24) is 10.3 Å². The highest BCUT2D eigenvalue weighted by Gasteiger charge is 2.12. The monoisotopic (exact) mass is 433 g/mol. The lowest BCUT2D eigenvalue weighted by Crippen LogP contribution is -2.36. The Morgan fingerprint density at radius 3 is 2.47 bits per heavy atom. The molecule has 0 atom stereocenters. The summed E-state index contributed by atoms with van der Waals surface area (Å²) in [5.74, 6) is 1.63. The van der Waals surface area contributed by atoms with Crippen LogP contribution in [0.1, 0.15) is 22.8 Å². The van der Waals surface area contributed by atoms with Gasteiger partial charge in [0.1, 0.15) is 0 Å². The molecular weight excluding hydrogens is 406 g/mol. The topological polar surface area (TPSA) is 72.9 Å². The van der Waals surface area contributed by atoms with Crippen molar-refractivity contribution in [2.45, 2.75) is 13.5 Å². The van der Waals surface area contributed by atoms with E-state index >= 15 is 0 Å². The van der Waals surface area contributed by atoms with Crippen molar-refractivity contribution >= 4 is 11.6 Å². The average molecular weight is 434 g/mol. The van der Waals surface area contributed by atoms with E-state index in [-0.39, 0.29) is 5.91 Å². The Hall–Kier alpha value is -3.58. The number of nitrogens with one attached hydrogen (secondary N) is 1. The van der Waals surface area contributed by atoms with Gasteiger partial charge >= 0.3 is 0 Å². The number of para-hydroxylation sites is 2. The fraction of sp³-hybridized carbons (Fsp3) is 0.280. The summed E-state index contributed by atoms with van der Waals surface area (Å²) in [6.07, 6.45) is 1.69. The van der Waals surface area contributed by atoms with Crippen LogP contribution >= 0.6 is 0 Å². The molecule has 0 unspecified atom stereocenters. The second kappa shape index (κ2) is 10.6. The van der Waals surface area contributed by atoms with E-state index in [0.717, 1.165) is 37.6 Å². The molecule has 4 rings (SSSR count). The number of carbonyl (C=O) groups is 1. The Morgan fingerprint density at radius 1 is 1.03 bits per heavy atom. The summed E-state index contributed by atoms with van der Waals surface area (Å²) in [6.45, 7) is 6.08. The molecule has 1 amide bonds. The van der Waals surface area contributed by atoms with Crippen LogP contribution in [0.4, 0.5) is 5.69 Å². The van der Waals surface area contributed by atoms with E-state index < -0.39 is 0 Å². The van der Waals surface area contributed by atoms with Gasteiger partial charge < -0.3 is 24.4 Å². The van der Waals surface area contributed by atoms with Crippen LogP contribution in [0.5, 0.6) is 17.4 Å². The number of hydrogen-bond donors (Lipinski definition) is 1. The van der Waals surface area contributed by atoms with Crippen LogP contribution < -0.4 is 19.7 Å². The number of amides is 1. The third kappa shape index (κ3) is 5.56. The Bertz CT molecular complexity index is 1020. The fourth-order valence-electron chi connectivity index (χ4n) is 3.43. The van der Waals surface area contributed by atoms with Gasteiger partial charge in [-0.15, -0.1) is 0 Å². The zero-order valence-corrected chi connectivity index (χ0v) is 18.1. The standard InChI is InChI=1S/C25H27N3O4/c1-2-31-22-5-3-4-6-23(22)32-24-12-7-19(17-26-24)18-27-25(29)20-8-10-21(11-9-20)28-13-15-30-16-14-28/h3-12,17H,2,13-16,18H2,1H3,(H,27,29). The third-order valence-corrected chi connectivity index (χ3v) is 5.12. The first-order chi connectivity index (χ1) is 15.7. The van der Waals surface area contributed by atoms with Gasteiger partial charge in [0.2, 0.25) is 5.88 Å². The number of ether oxygens (including phenoxy) is 3. The number of anilines is 1. The van der Waals surface area contributed by atoms with Gasteiger partial charge in [0.05, 0.1) is 19.8 Å². The molecule has 0 radical (unpaired) electrons. The lowest BCUT2D eigenvalue weighted by molar-refractivity contribution is 0.0951. The van der Waals surface area contributed by atoms with Gasteiger partial charge in [-0.3, -0.25) is 4.79 Å². The second-order valence-corrected chi connectivity index (χ2v) is 7.32. The van der Waals surface area contributed by atoms with Crippen molar-refractivity contribution in [3.8, 4) is 17.4 Å². The van der Waals surface area contributed by atoms with Crippen LogP contribution in [0.15, 0.2) is 66.9 Å². The van der Waals surface area contributed by atoms with Crippen LogP contribution in [-0.2, 0) is 11.3 Å². The van der Waals surface area contributed by atoms with E-state index in [0.29, 0.717) is 36.1 Å². The molecule has 2 aromatic carbocycles. The maximum atomic E-state index is 12.5. The predicted octanol–water partition coefficient (Wildman–Crippen LogP) is 4.04. The maximum absolute atomic E-state index is 12.5. The maximum Gasteiger partial charge on any atom is 0.251 e. The van der Waals surface area contributed by atoms with Gasteiger partial charge in [-0.1, -0.05) is 18.2 Å². The molecule has 1 saturated heterocycles. The number of morpholine rings is 1. The quantitative estimate of drug-likeness (QED) is 0.578. The molecule has 166 valence electrons. The summed E-state index contributed by atoms with van der Waals surface area (Å²) in [6, 6.07) is 18.8. The molecule has 0 spiro atoms. The van der Waals surface area contributed by atoms with Gasteiger partial charge in [-0.2, -0.15) is 0 Å². The Labute approximate surface area is 187 Å². The highest BCUT2D eigenvalue weighted by atomic mass is 16.5. The molecule has 1 aliphatic rings. The Balaban J connectivity index is 1.31.